The number of aromatic nitrogens is 6. The van der Waals surface area contributed by atoms with Crippen molar-refractivity contribution < 1.29 is 19.4 Å². The summed E-state index contributed by atoms with van der Waals surface area (Å²) in [5.74, 6) is -0.681. The van der Waals surface area contributed by atoms with Gasteiger partial charge in [0.05, 0.1) is 41.4 Å². The molecule has 2 saturated heterocycles. The topological polar surface area (TPSA) is 147 Å². The largest absolute Gasteiger partial charge is 0.481 e. The Labute approximate surface area is 358 Å². The van der Waals surface area contributed by atoms with Crippen LogP contribution >= 0.6 is 0 Å². The van der Waals surface area contributed by atoms with Crippen molar-refractivity contribution in [3.05, 3.63) is 95.6 Å². The van der Waals surface area contributed by atoms with Crippen LogP contribution in [0.1, 0.15) is 112 Å². The molecule has 0 saturated carbocycles. The van der Waals surface area contributed by atoms with E-state index in [1.54, 1.807) is 12.4 Å². The molecule has 4 aromatic heterocycles. The van der Waals surface area contributed by atoms with Gasteiger partial charge in [0.2, 0.25) is 11.9 Å². The van der Waals surface area contributed by atoms with Crippen LogP contribution in [0.4, 0.5) is 11.9 Å². The molecule has 0 bridgehead atoms. The summed E-state index contributed by atoms with van der Waals surface area (Å²) in [6.45, 7) is 11.8. The number of carboxylic acid groups (broad SMARTS) is 1. The van der Waals surface area contributed by atoms with Gasteiger partial charge in [0.1, 0.15) is 0 Å². The van der Waals surface area contributed by atoms with Crippen LogP contribution in [0.2, 0.25) is 0 Å². The molecule has 2 aliphatic rings. The lowest BCUT2D eigenvalue weighted by Gasteiger charge is -2.29. The second kappa shape index (κ2) is 20.0. The predicted molar refractivity (Wildman–Crippen MR) is 242 cm³/mol. The quantitative estimate of drug-likeness (QED) is 0.117. The summed E-state index contributed by atoms with van der Waals surface area (Å²) in [4.78, 5) is 58.4. The third-order valence-corrected chi connectivity index (χ3v) is 11.9. The van der Waals surface area contributed by atoms with E-state index in [0.717, 1.165) is 126 Å². The Bertz CT molecular complexity index is 2470. The average molecular weight is 823 g/mol. The van der Waals surface area contributed by atoms with E-state index in [1.165, 1.54) is 20.0 Å². The van der Waals surface area contributed by atoms with Gasteiger partial charge in [-0.1, -0.05) is 75.2 Å². The van der Waals surface area contributed by atoms with Crippen molar-refractivity contribution in [1.82, 2.24) is 29.9 Å². The van der Waals surface area contributed by atoms with Crippen molar-refractivity contribution >= 4 is 45.6 Å². The first-order valence-electron chi connectivity index (χ1n) is 22.0. The van der Waals surface area contributed by atoms with Gasteiger partial charge in [-0.05, 0) is 77.3 Å². The maximum Gasteiger partial charge on any atom is 0.313 e. The number of fused-ring (bicyclic) bond motifs is 2. The molecule has 0 amide bonds. The molecular formula is C49H58N8O4. The number of anilines is 2. The number of carbonyl (C=O) groups excluding carboxylic acids is 1. The highest BCUT2D eigenvalue weighted by molar-refractivity contribution is 5.96. The van der Waals surface area contributed by atoms with E-state index in [-0.39, 0.29) is 5.97 Å². The van der Waals surface area contributed by atoms with Crippen molar-refractivity contribution in [3.8, 4) is 22.5 Å². The third kappa shape index (κ3) is 9.48. The minimum atomic E-state index is -0.830. The second-order valence-electron chi connectivity index (χ2n) is 16.1. The molecule has 2 aliphatic heterocycles. The van der Waals surface area contributed by atoms with Crippen LogP contribution < -0.4 is 9.80 Å². The number of pyridine rings is 2. The highest BCUT2D eigenvalue weighted by Crippen LogP contribution is 2.39. The number of benzene rings is 2. The van der Waals surface area contributed by atoms with Gasteiger partial charge in [-0.2, -0.15) is 0 Å². The molecule has 8 rings (SSSR count). The molecule has 2 atom stereocenters. The molecule has 0 aliphatic carbocycles. The zero-order chi connectivity index (χ0) is 42.9. The summed E-state index contributed by atoms with van der Waals surface area (Å²) in [6.07, 6.45) is 13.5. The lowest BCUT2D eigenvalue weighted by Crippen LogP contribution is -2.31. The van der Waals surface area contributed by atoms with Crippen LogP contribution in [0.3, 0.4) is 0 Å². The molecule has 1 N–H and O–H groups in total. The van der Waals surface area contributed by atoms with Crippen LogP contribution in [-0.2, 0) is 14.3 Å². The third-order valence-electron chi connectivity index (χ3n) is 11.9. The lowest BCUT2D eigenvalue weighted by atomic mass is 9.89. The fourth-order valence-electron chi connectivity index (χ4n) is 8.93. The fraction of sp³-hybridized carbons (Fsp3) is 0.429. The standard InChI is InChI=1S/C25H30N4O2.C24H28N4O2/c1-4-10-19(24(30)31-3)21-17(2)27-25(29-15-6-5-7-16-29)28-23(21)20-13-8-11-18-12-9-14-26-22(18)20;1-3-9-18(23(29)30)20-16(2)26-24(28-14-5-4-6-15-28)27-22(20)19-12-7-10-17-11-8-13-25-21(17)19/h8-9,11-14,19H,4-7,10,15-16H2,1-3H3;7-8,10-13,18H,3-6,9,14-15H2,1-2H3,(H,29,30). The number of piperidine rings is 2. The lowest BCUT2D eigenvalue weighted by molar-refractivity contribution is -0.142. The second-order valence-corrected chi connectivity index (χ2v) is 16.1. The summed E-state index contributed by atoms with van der Waals surface area (Å²) in [5, 5.41) is 12.1. The summed E-state index contributed by atoms with van der Waals surface area (Å²) < 4.78 is 5.18. The minimum absolute atomic E-state index is 0.242. The summed E-state index contributed by atoms with van der Waals surface area (Å²) in [5.41, 5.74) is 8.16. The fourth-order valence-corrected chi connectivity index (χ4v) is 8.93. The summed E-state index contributed by atoms with van der Waals surface area (Å²) in [7, 11) is 1.45. The molecule has 2 fully saturated rings. The molecule has 6 aromatic rings. The Morgan fingerprint density at radius 2 is 1.05 bits per heavy atom. The minimum Gasteiger partial charge on any atom is -0.481 e. The van der Waals surface area contributed by atoms with Crippen molar-refractivity contribution in [2.24, 2.45) is 0 Å². The Kier molecular flexibility index (Phi) is 14.1. The molecule has 6 heterocycles. The SMILES string of the molecule is CCCC(C(=O)O)c1c(C)nc(N2CCCCC2)nc1-c1cccc2cccnc12.CCCC(C(=O)OC)c1c(C)nc(N2CCCCC2)nc1-c1cccc2cccnc12. The molecule has 2 unspecified atom stereocenters. The molecule has 12 heteroatoms. The number of carbonyl (C=O) groups is 2. The van der Waals surface area contributed by atoms with Crippen LogP contribution in [0.5, 0.6) is 0 Å². The molecule has 61 heavy (non-hydrogen) atoms. The number of hydrogen-bond acceptors (Lipinski definition) is 11. The highest BCUT2D eigenvalue weighted by Gasteiger charge is 2.31. The zero-order valence-electron chi connectivity index (χ0n) is 36.2. The van der Waals surface area contributed by atoms with Crippen molar-refractivity contribution in [2.75, 3.05) is 43.1 Å². The first-order valence-corrected chi connectivity index (χ1v) is 22.0. The van der Waals surface area contributed by atoms with Gasteiger partial charge >= 0.3 is 11.9 Å². The summed E-state index contributed by atoms with van der Waals surface area (Å²) >= 11 is 0. The van der Waals surface area contributed by atoms with Gasteiger partial charge < -0.3 is 19.6 Å². The van der Waals surface area contributed by atoms with Gasteiger partial charge in [0.25, 0.3) is 0 Å². The molecular weight excluding hydrogens is 765 g/mol. The summed E-state index contributed by atoms with van der Waals surface area (Å²) in [6, 6.07) is 20.0. The van der Waals surface area contributed by atoms with Gasteiger partial charge in [0, 0.05) is 83.0 Å². The first kappa shape index (κ1) is 43.1. The van der Waals surface area contributed by atoms with E-state index < -0.39 is 17.8 Å². The monoisotopic (exact) mass is 822 g/mol. The molecule has 0 spiro atoms. The number of ether oxygens (including phenoxy) is 1. The Balaban J connectivity index is 0.000000184. The molecule has 12 nitrogen and oxygen atoms in total. The van der Waals surface area contributed by atoms with Crippen LogP contribution in [0.15, 0.2) is 73.1 Å². The number of aryl methyl sites for hydroxylation is 2. The van der Waals surface area contributed by atoms with E-state index in [9.17, 15) is 14.7 Å². The van der Waals surface area contributed by atoms with Gasteiger partial charge in [-0.25, -0.2) is 19.9 Å². The number of nitrogens with zero attached hydrogens (tertiary/aromatic N) is 8. The van der Waals surface area contributed by atoms with E-state index in [2.05, 4.69) is 38.8 Å². The Hall–Kier alpha value is -6.04. The Morgan fingerprint density at radius 3 is 1.48 bits per heavy atom. The number of aliphatic carboxylic acids is 1. The normalized spacial score (nSPS) is 15.2. The van der Waals surface area contributed by atoms with Crippen molar-refractivity contribution in [1.29, 1.82) is 0 Å². The number of rotatable bonds is 12. The maximum atomic E-state index is 12.8. The first-order chi connectivity index (χ1) is 29.7. The molecule has 0 radical (unpaired) electrons. The number of carboxylic acids is 1. The van der Waals surface area contributed by atoms with Crippen molar-refractivity contribution in [2.45, 2.75) is 104 Å². The van der Waals surface area contributed by atoms with Crippen LogP contribution in [0.25, 0.3) is 44.3 Å². The number of hydrogen-bond donors (Lipinski definition) is 1. The van der Waals surface area contributed by atoms with Crippen molar-refractivity contribution in [3.63, 3.8) is 0 Å². The number of para-hydroxylation sites is 2. The zero-order valence-corrected chi connectivity index (χ0v) is 36.2. The Morgan fingerprint density at radius 1 is 0.623 bits per heavy atom. The smallest absolute Gasteiger partial charge is 0.313 e. The van der Waals surface area contributed by atoms with E-state index in [1.807, 2.05) is 69.3 Å². The van der Waals surface area contributed by atoms with E-state index in [0.29, 0.717) is 30.0 Å². The van der Waals surface area contributed by atoms with Crippen LogP contribution in [0, 0.1) is 13.8 Å². The number of esters is 1. The average Bonchev–Trinajstić information content (AvgIpc) is 3.30. The molecule has 318 valence electrons. The van der Waals surface area contributed by atoms with Gasteiger partial charge in [-0.15, -0.1) is 0 Å². The van der Waals surface area contributed by atoms with E-state index >= 15 is 0 Å². The maximum absolute atomic E-state index is 12.8. The van der Waals surface area contributed by atoms with Gasteiger partial charge in [0.15, 0.2) is 0 Å². The van der Waals surface area contributed by atoms with Crippen LogP contribution in [-0.4, -0.2) is 80.2 Å². The number of methoxy groups -OCH3 is 1. The van der Waals surface area contributed by atoms with E-state index in [4.69, 9.17) is 24.7 Å². The predicted octanol–water partition coefficient (Wildman–Crippen LogP) is 10.0. The van der Waals surface area contributed by atoms with Gasteiger partial charge in [-0.3, -0.25) is 19.6 Å². The highest BCUT2D eigenvalue weighted by atomic mass is 16.5. The molecule has 2 aromatic carbocycles.